The molecule has 2 rings (SSSR count). The largest absolute Gasteiger partial charge is 0.192 e. The molecule has 0 bridgehead atoms. The van der Waals surface area contributed by atoms with Crippen molar-refractivity contribution in [1.82, 2.24) is 0 Å². The number of hydrogen-bond donors (Lipinski definition) is 0. The molecule has 0 saturated heterocycles. The van der Waals surface area contributed by atoms with Gasteiger partial charge < -0.3 is 0 Å². The zero-order chi connectivity index (χ0) is 12.8. The van der Waals surface area contributed by atoms with Gasteiger partial charge in [-0.1, -0.05) is 55.5 Å². The summed E-state index contributed by atoms with van der Waals surface area (Å²) in [4.78, 5) is 0. The highest BCUT2D eigenvalue weighted by atomic mass is 14.2. The molecule has 0 heterocycles. The van der Waals surface area contributed by atoms with Gasteiger partial charge in [0, 0.05) is 0 Å². The van der Waals surface area contributed by atoms with Crippen LogP contribution in [0.5, 0.6) is 0 Å². The van der Waals surface area contributed by atoms with Gasteiger partial charge in [0.2, 0.25) is 0 Å². The van der Waals surface area contributed by atoms with E-state index in [4.69, 9.17) is 5.26 Å². The molecular formula is C17H15N. The van der Waals surface area contributed by atoms with Crippen molar-refractivity contribution in [3.63, 3.8) is 0 Å². The minimum Gasteiger partial charge on any atom is -0.192 e. The third-order valence-electron chi connectivity index (χ3n) is 2.94. The summed E-state index contributed by atoms with van der Waals surface area (Å²) in [6, 6.07) is 20.2. The fourth-order valence-electron chi connectivity index (χ4n) is 1.95. The van der Waals surface area contributed by atoms with Crippen LogP contribution in [0.2, 0.25) is 0 Å². The van der Waals surface area contributed by atoms with Gasteiger partial charge in [-0.25, -0.2) is 0 Å². The van der Waals surface area contributed by atoms with Gasteiger partial charge in [0.15, 0.2) is 0 Å². The molecule has 1 heteroatoms. The summed E-state index contributed by atoms with van der Waals surface area (Å²) in [6.07, 6.45) is 3.05. The molecule has 0 atom stereocenters. The van der Waals surface area contributed by atoms with Crippen LogP contribution in [0.25, 0.3) is 11.6 Å². The first-order chi connectivity index (χ1) is 8.85. The molecule has 0 amide bonds. The number of benzene rings is 2. The Morgan fingerprint density at radius 2 is 1.72 bits per heavy atom. The van der Waals surface area contributed by atoms with E-state index in [2.05, 4.69) is 31.2 Å². The Morgan fingerprint density at radius 3 is 2.39 bits per heavy atom. The van der Waals surface area contributed by atoms with Gasteiger partial charge in [-0.3, -0.25) is 0 Å². The predicted octanol–water partition coefficient (Wildman–Crippen LogP) is 4.51. The lowest BCUT2D eigenvalue weighted by molar-refractivity contribution is 1.25. The summed E-state index contributed by atoms with van der Waals surface area (Å²) in [6.45, 7) is 2.13. The third kappa shape index (κ3) is 2.67. The van der Waals surface area contributed by atoms with Crippen LogP contribution >= 0.6 is 0 Å². The zero-order valence-electron chi connectivity index (χ0n) is 10.4. The van der Waals surface area contributed by atoms with Gasteiger partial charge in [-0.2, -0.15) is 5.26 Å². The quantitative estimate of drug-likeness (QED) is 0.715. The molecule has 88 valence electrons. The summed E-state index contributed by atoms with van der Waals surface area (Å²) in [5.41, 5.74) is 4.17. The molecule has 0 saturated carbocycles. The number of rotatable bonds is 3. The topological polar surface area (TPSA) is 23.8 Å². The maximum absolute atomic E-state index is 9.10. The highest BCUT2D eigenvalue weighted by Gasteiger charge is 2.02. The van der Waals surface area contributed by atoms with Crippen LogP contribution in [-0.2, 0) is 0 Å². The molecule has 0 radical (unpaired) electrons. The van der Waals surface area contributed by atoms with Crippen molar-refractivity contribution in [3.05, 3.63) is 71.3 Å². The van der Waals surface area contributed by atoms with Crippen LogP contribution in [-0.4, -0.2) is 0 Å². The second kappa shape index (κ2) is 5.84. The van der Waals surface area contributed by atoms with Crippen molar-refractivity contribution in [1.29, 1.82) is 5.26 Å². The molecule has 18 heavy (non-hydrogen) atoms. The van der Waals surface area contributed by atoms with Crippen LogP contribution in [0.4, 0.5) is 0 Å². The summed E-state index contributed by atoms with van der Waals surface area (Å²) < 4.78 is 0. The zero-order valence-corrected chi connectivity index (χ0v) is 10.4. The van der Waals surface area contributed by atoms with Crippen molar-refractivity contribution in [3.8, 4) is 6.07 Å². The van der Waals surface area contributed by atoms with Gasteiger partial charge in [0.05, 0.1) is 11.6 Å². The van der Waals surface area contributed by atoms with Crippen LogP contribution in [0.1, 0.15) is 30.0 Å². The van der Waals surface area contributed by atoms with Crippen LogP contribution in [0.3, 0.4) is 0 Å². The molecule has 2 aromatic rings. The highest BCUT2D eigenvalue weighted by Crippen LogP contribution is 2.22. The molecule has 0 unspecified atom stereocenters. The highest BCUT2D eigenvalue weighted by molar-refractivity contribution is 5.82. The Balaban J connectivity index is 2.45. The Kier molecular flexibility index (Phi) is 3.94. The Hall–Kier alpha value is -2.33. The maximum atomic E-state index is 9.10. The fourth-order valence-corrected chi connectivity index (χ4v) is 1.95. The normalized spacial score (nSPS) is 11.0. The molecule has 1 nitrogen and oxygen atoms in total. The molecule has 0 aliphatic heterocycles. The van der Waals surface area contributed by atoms with Gasteiger partial charge in [0.1, 0.15) is 0 Å². The summed E-state index contributed by atoms with van der Waals surface area (Å²) in [7, 11) is 0. The van der Waals surface area contributed by atoms with E-state index in [0.29, 0.717) is 0 Å². The molecular weight excluding hydrogens is 218 g/mol. The predicted molar refractivity (Wildman–Crippen MR) is 75.8 cm³/mol. The second-order valence-electron chi connectivity index (χ2n) is 4.09. The Labute approximate surface area is 108 Å². The first-order valence-electron chi connectivity index (χ1n) is 6.10. The first-order valence-corrected chi connectivity index (χ1v) is 6.10. The van der Waals surface area contributed by atoms with Crippen molar-refractivity contribution in [2.75, 3.05) is 0 Å². The lowest BCUT2D eigenvalue weighted by atomic mass is 9.99. The number of nitrogens with zero attached hydrogens (tertiary/aromatic N) is 1. The van der Waals surface area contributed by atoms with E-state index >= 15 is 0 Å². The maximum Gasteiger partial charge on any atom is 0.0997 e. The smallest absolute Gasteiger partial charge is 0.0997 e. The summed E-state index contributed by atoms with van der Waals surface area (Å²) in [5.74, 6) is 0. The van der Waals surface area contributed by atoms with Crippen molar-refractivity contribution < 1.29 is 0 Å². The molecule has 0 spiro atoms. The standard InChI is InChI=1S/C17H15N/c1-2-14(15-8-4-3-5-9-15)12-16-10-6-7-11-17(16)13-18/h3-12H,2H2,1H3/b14-12+. The number of allylic oxidation sites excluding steroid dienone is 1. The van der Waals surface area contributed by atoms with E-state index < -0.39 is 0 Å². The minimum absolute atomic E-state index is 0.722. The number of hydrogen-bond acceptors (Lipinski definition) is 1. The molecule has 0 aliphatic carbocycles. The monoisotopic (exact) mass is 233 g/mol. The van der Waals surface area contributed by atoms with Crippen LogP contribution < -0.4 is 0 Å². The summed E-state index contributed by atoms with van der Waals surface area (Å²) in [5, 5.41) is 9.10. The van der Waals surface area contributed by atoms with Gasteiger partial charge in [-0.15, -0.1) is 0 Å². The van der Waals surface area contributed by atoms with Crippen molar-refractivity contribution in [2.24, 2.45) is 0 Å². The average Bonchev–Trinajstić information content (AvgIpc) is 2.46. The van der Waals surface area contributed by atoms with Gasteiger partial charge >= 0.3 is 0 Å². The third-order valence-corrected chi connectivity index (χ3v) is 2.94. The molecule has 0 N–H and O–H groups in total. The van der Waals surface area contributed by atoms with E-state index in [-0.39, 0.29) is 0 Å². The second-order valence-corrected chi connectivity index (χ2v) is 4.09. The van der Waals surface area contributed by atoms with Crippen LogP contribution in [0.15, 0.2) is 54.6 Å². The fraction of sp³-hybridized carbons (Fsp3) is 0.118. The average molecular weight is 233 g/mol. The lowest BCUT2D eigenvalue weighted by Gasteiger charge is -2.06. The molecule has 0 fully saturated rings. The van der Waals surface area contributed by atoms with Gasteiger partial charge in [0.25, 0.3) is 0 Å². The van der Waals surface area contributed by atoms with Crippen molar-refractivity contribution in [2.45, 2.75) is 13.3 Å². The Bertz CT molecular complexity index is 589. The molecule has 0 aromatic heterocycles. The van der Waals surface area contributed by atoms with Crippen LogP contribution in [0, 0.1) is 11.3 Å². The van der Waals surface area contributed by atoms with E-state index in [1.54, 1.807) is 0 Å². The SMILES string of the molecule is CC/C(=C\c1ccccc1C#N)c1ccccc1. The molecule has 0 aliphatic rings. The van der Waals surface area contributed by atoms with E-state index in [9.17, 15) is 0 Å². The Morgan fingerprint density at radius 1 is 1.06 bits per heavy atom. The number of nitriles is 1. The van der Waals surface area contributed by atoms with E-state index in [1.165, 1.54) is 11.1 Å². The minimum atomic E-state index is 0.722. The summed E-state index contributed by atoms with van der Waals surface area (Å²) >= 11 is 0. The van der Waals surface area contributed by atoms with E-state index in [1.807, 2.05) is 42.5 Å². The van der Waals surface area contributed by atoms with Gasteiger partial charge in [-0.05, 0) is 35.3 Å². The van der Waals surface area contributed by atoms with Crippen molar-refractivity contribution >= 4 is 11.6 Å². The first kappa shape index (κ1) is 12.1. The van der Waals surface area contributed by atoms with E-state index in [0.717, 1.165) is 17.5 Å². The lowest BCUT2D eigenvalue weighted by Crippen LogP contribution is -1.85. The molecule has 2 aromatic carbocycles.